The summed E-state index contributed by atoms with van der Waals surface area (Å²) in [4.78, 5) is 37.8. The number of aryl methyl sites for hydroxylation is 1. The molecule has 2 aromatic carbocycles. The summed E-state index contributed by atoms with van der Waals surface area (Å²) >= 11 is 3.37. The molecular formula is C27H29IO9S. The summed E-state index contributed by atoms with van der Waals surface area (Å²) < 4.78 is 36.1. The molecule has 0 N–H and O–H groups in total. The Kier molecular flexibility index (Phi) is 9.82. The van der Waals surface area contributed by atoms with Crippen LogP contribution in [0.2, 0.25) is 0 Å². The first kappa shape index (κ1) is 29.0. The van der Waals surface area contributed by atoms with Crippen LogP contribution in [0.1, 0.15) is 25.0 Å². The summed E-state index contributed by atoms with van der Waals surface area (Å²) in [5.74, 6) is -2.51. The molecule has 2 saturated heterocycles. The van der Waals surface area contributed by atoms with Crippen LogP contribution in [-0.4, -0.2) is 67.2 Å². The van der Waals surface area contributed by atoms with E-state index in [-0.39, 0.29) is 11.7 Å². The number of fused-ring (bicyclic) bond motifs is 1. The Morgan fingerprint density at radius 2 is 1.66 bits per heavy atom. The lowest BCUT2D eigenvalue weighted by molar-refractivity contribution is -0.380. The van der Waals surface area contributed by atoms with Crippen LogP contribution in [0.3, 0.4) is 0 Å². The summed E-state index contributed by atoms with van der Waals surface area (Å²) in [6, 6.07) is 16.9. The van der Waals surface area contributed by atoms with Crippen LogP contribution < -0.4 is 0 Å². The summed E-state index contributed by atoms with van der Waals surface area (Å²) in [7, 11) is 1.39. The highest BCUT2D eigenvalue weighted by atomic mass is 127. The van der Waals surface area contributed by atoms with Gasteiger partial charge in [-0.3, -0.25) is 14.4 Å². The second kappa shape index (κ2) is 12.9. The Morgan fingerprint density at radius 1 is 1.00 bits per heavy atom. The van der Waals surface area contributed by atoms with Gasteiger partial charge in [-0.2, -0.15) is 0 Å². The summed E-state index contributed by atoms with van der Waals surface area (Å²) in [6.45, 7) is 2.43. The van der Waals surface area contributed by atoms with Gasteiger partial charge in [0.2, 0.25) is 0 Å². The highest BCUT2D eigenvalue weighted by molar-refractivity contribution is 14.1. The number of thioether (sulfide) groups is 1. The van der Waals surface area contributed by atoms with E-state index >= 15 is 0 Å². The minimum atomic E-state index is -1.79. The molecule has 2 aliphatic heterocycles. The van der Waals surface area contributed by atoms with Crippen molar-refractivity contribution in [3.8, 4) is 0 Å². The van der Waals surface area contributed by atoms with E-state index in [1.807, 2.05) is 30.3 Å². The first-order chi connectivity index (χ1) is 18.2. The smallest absolute Gasteiger partial charge is 0.303 e. The van der Waals surface area contributed by atoms with Crippen LogP contribution in [0, 0.1) is 3.57 Å². The number of ether oxygens (including phenoxy) is 6. The predicted molar refractivity (Wildman–Crippen MR) is 146 cm³/mol. The first-order valence-electron chi connectivity index (χ1n) is 12.1. The third-order valence-corrected chi connectivity index (χ3v) is 8.16. The van der Waals surface area contributed by atoms with E-state index in [0.717, 1.165) is 20.9 Å². The number of benzene rings is 2. The van der Waals surface area contributed by atoms with E-state index in [0.29, 0.717) is 17.7 Å². The number of halogens is 1. The van der Waals surface area contributed by atoms with Gasteiger partial charge < -0.3 is 28.4 Å². The van der Waals surface area contributed by atoms with Gasteiger partial charge in [0, 0.05) is 35.8 Å². The van der Waals surface area contributed by atoms with E-state index in [2.05, 4.69) is 22.6 Å². The van der Waals surface area contributed by atoms with E-state index < -0.39 is 48.4 Å². The lowest BCUT2D eigenvalue weighted by Gasteiger charge is -2.50. The maximum atomic E-state index is 13.8. The average Bonchev–Trinajstić information content (AvgIpc) is 2.90. The van der Waals surface area contributed by atoms with Gasteiger partial charge in [0.1, 0.15) is 12.2 Å². The van der Waals surface area contributed by atoms with Gasteiger partial charge in [-0.1, -0.05) is 60.3 Å². The van der Waals surface area contributed by atoms with Gasteiger partial charge in [0.25, 0.3) is 10.9 Å². The zero-order valence-corrected chi connectivity index (χ0v) is 24.1. The molecule has 6 atom stereocenters. The molecule has 2 aromatic rings. The lowest BCUT2D eigenvalue weighted by atomic mass is 9.95. The average molecular weight is 656 g/mol. The maximum Gasteiger partial charge on any atom is 0.303 e. The highest BCUT2D eigenvalue weighted by Gasteiger charge is 2.59. The topological polar surface area (TPSA) is 107 Å². The van der Waals surface area contributed by atoms with Crippen LogP contribution in [0.15, 0.2) is 54.6 Å². The SMILES string of the molecule is CO[C@H]1O[C@@H]2COC(C(=O)SCCc3ccccc3I)(c3ccccc3)O[C@H]2[C@H](OC(C)=O)[C@H]1OC(C)=O. The predicted octanol–water partition coefficient (Wildman–Crippen LogP) is 3.60. The van der Waals surface area contributed by atoms with Gasteiger partial charge in [-0.25, -0.2) is 0 Å². The number of hydrogen-bond donors (Lipinski definition) is 0. The molecule has 0 saturated carbocycles. The third-order valence-electron chi connectivity index (χ3n) is 6.17. The Bertz CT molecular complexity index is 1150. The Hall–Kier alpha value is -2.03. The van der Waals surface area contributed by atoms with Crippen molar-refractivity contribution in [2.75, 3.05) is 19.5 Å². The number of esters is 2. The quantitative estimate of drug-likeness (QED) is 0.309. The second-order valence-corrected chi connectivity index (χ2v) is 11.0. The van der Waals surface area contributed by atoms with Crippen molar-refractivity contribution in [2.24, 2.45) is 0 Å². The standard InChI is InChI=1S/C27H29IO9S/c1-16(29)34-23-22-21(36-25(32-3)24(23)35-17(2)30)15-33-27(37-22,19-10-5-4-6-11-19)26(31)38-14-13-18-9-7-8-12-20(18)28/h4-12,21-25H,13-15H2,1-3H3/t21-,22-,23+,24-,25+,27?/m1/s1. The number of methoxy groups -OCH3 is 1. The van der Waals surface area contributed by atoms with Crippen molar-refractivity contribution in [2.45, 2.75) is 56.8 Å². The molecule has 0 radical (unpaired) electrons. The minimum Gasteiger partial charge on any atom is -0.455 e. The summed E-state index contributed by atoms with van der Waals surface area (Å²) in [5, 5.41) is -0.354. The van der Waals surface area contributed by atoms with Crippen molar-refractivity contribution >= 4 is 51.4 Å². The molecule has 0 bridgehead atoms. The number of carbonyl (C=O) groups excluding carboxylic acids is 3. The van der Waals surface area contributed by atoms with Crippen LogP contribution in [0.4, 0.5) is 0 Å². The monoisotopic (exact) mass is 656 g/mol. The van der Waals surface area contributed by atoms with Crippen molar-refractivity contribution < 1.29 is 42.8 Å². The van der Waals surface area contributed by atoms with Crippen LogP contribution >= 0.6 is 34.4 Å². The molecule has 38 heavy (non-hydrogen) atoms. The molecule has 0 aromatic heterocycles. The molecule has 2 heterocycles. The molecule has 2 fully saturated rings. The molecule has 11 heteroatoms. The third kappa shape index (κ3) is 6.40. The van der Waals surface area contributed by atoms with E-state index in [1.54, 1.807) is 24.3 Å². The summed E-state index contributed by atoms with van der Waals surface area (Å²) in [5.41, 5.74) is 1.63. The van der Waals surface area contributed by atoms with Crippen LogP contribution in [-0.2, 0) is 55.0 Å². The first-order valence-corrected chi connectivity index (χ1v) is 14.1. The number of carbonyl (C=O) groups is 3. The van der Waals surface area contributed by atoms with E-state index in [4.69, 9.17) is 28.4 Å². The Balaban J connectivity index is 1.63. The molecule has 2 aliphatic rings. The van der Waals surface area contributed by atoms with Gasteiger partial charge in [0.15, 0.2) is 18.5 Å². The van der Waals surface area contributed by atoms with Gasteiger partial charge in [0.05, 0.1) is 6.61 Å². The van der Waals surface area contributed by atoms with Crippen molar-refractivity contribution in [1.29, 1.82) is 0 Å². The fourth-order valence-corrected chi connectivity index (χ4v) is 6.08. The van der Waals surface area contributed by atoms with Crippen molar-refractivity contribution in [3.63, 3.8) is 0 Å². The van der Waals surface area contributed by atoms with Crippen molar-refractivity contribution in [3.05, 3.63) is 69.3 Å². The van der Waals surface area contributed by atoms with E-state index in [1.165, 1.54) is 21.0 Å². The lowest BCUT2D eigenvalue weighted by Crippen LogP contribution is -2.67. The van der Waals surface area contributed by atoms with Gasteiger partial charge in [-0.15, -0.1) is 0 Å². The molecule has 0 aliphatic carbocycles. The fraction of sp³-hybridized carbons (Fsp3) is 0.444. The molecule has 204 valence electrons. The summed E-state index contributed by atoms with van der Waals surface area (Å²) in [6.07, 6.45) is -4.30. The number of rotatable bonds is 8. The minimum absolute atomic E-state index is 0.0487. The second-order valence-electron chi connectivity index (χ2n) is 8.78. The van der Waals surface area contributed by atoms with Crippen LogP contribution in [0.25, 0.3) is 0 Å². The van der Waals surface area contributed by atoms with Crippen molar-refractivity contribution in [1.82, 2.24) is 0 Å². The molecule has 0 amide bonds. The Morgan fingerprint density at radius 3 is 2.32 bits per heavy atom. The zero-order valence-electron chi connectivity index (χ0n) is 21.2. The van der Waals surface area contributed by atoms with E-state index in [9.17, 15) is 14.4 Å². The molecular weight excluding hydrogens is 627 g/mol. The largest absolute Gasteiger partial charge is 0.455 e. The normalized spacial score (nSPS) is 28.7. The molecule has 1 unspecified atom stereocenters. The van der Waals surface area contributed by atoms with Gasteiger partial charge in [-0.05, 0) is 40.6 Å². The number of hydrogen-bond acceptors (Lipinski definition) is 10. The highest BCUT2D eigenvalue weighted by Crippen LogP contribution is 2.43. The zero-order chi connectivity index (χ0) is 27.3. The molecule has 4 rings (SSSR count). The Labute approximate surface area is 239 Å². The van der Waals surface area contributed by atoms with Gasteiger partial charge >= 0.3 is 11.9 Å². The maximum absolute atomic E-state index is 13.8. The fourth-order valence-electron chi connectivity index (χ4n) is 4.50. The van der Waals surface area contributed by atoms with Crippen LogP contribution in [0.5, 0.6) is 0 Å². The molecule has 9 nitrogen and oxygen atoms in total. The molecule has 0 spiro atoms.